The smallest absolute Gasteiger partial charge is 0.224 e. The Morgan fingerprint density at radius 3 is 2.33 bits per heavy atom. The summed E-state index contributed by atoms with van der Waals surface area (Å²) in [6, 6.07) is 8.32. The van der Waals surface area contributed by atoms with Crippen LogP contribution in [-0.4, -0.2) is 24.5 Å². The summed E-state index contributed by atoms with van der Waals surface area (Å²) < 4.78 is 0. The lowest BCUT2D eigenvalue weighted by Crippen LogP contribution is -2.54. The Balaban J connectivity index is 1.25. The Labute approximate surface area is 162 Å². The highest BCUT2D eigenvalue weighted by Crippen LogP contribution is 2.56. The molecule has 1 aliphatic heterocycles. The number of carbonyl (C=O) groups is 1. The molecule has 6 rings (SSSR count). The Hall–Kier alpha value is -1.55. The van der Waals surface area contributed by atoms with Gasteiger partial charge in [0.05, 0.1) is 11.4 Å². The average Bonchev–Trinajstić information content (AvgIpc) is 3.14. The Bertz CT molecular complexity index is 659. The van der Waals surface area contributed by atoms with Gasteiger partial charge in [-0.2, -0.15) is 0 Å². The molecule has 27 heavy (non-hydrogen) atoms. The van der Waals surface area contributed by atoms with E-state index in [0.717, 1.165) is 48.6 Å². The standard InChI is InChI=1S/C23H33N3O/c27-22(6-5-16-7-8-24-15-16)25-20-3-1-2-4-21(20)26-23-12-17-9-18(13-23)11-19(10-17)14-23/h1-4,16-19,24,26H,5-15H2,(H,25,27). The van der Waals surface area contributed by atoms with Crippen molar-refractivity contribution in [1.29, 1.82) is 0 Å². The van der Waals surface area contributed by atoms with Crippen molar-refractivity contribution in [2.45, 2.75) is 63.3 Å². The van der Waals surface area contributed by atoms with E-state index in [1.165, 1.54) is 44.9 Å². The molecule has 146 valence electrons. The molecule has 1 heterocycles. The monoisotopic (exact) mass is 367 g/mol. The molecule has 0 spiro atoms. The second-order valence-electron chi connectivity index (χ2n) is 9.81. The van der Waals surface area contributed by atoms with E-state index in [0.29, 0.717) is 12.3 Å². The molecule has 4 heteroatoms. The Morgan fingerprint density at radius 1 is 1.04 bits per heavy atom. The minimum absolute atomic E-state index is 0.154. The lowest BCUT2D eigenvalue weighted by Gasteiger charge is -2.57. The second kappa shape index (κ2) is 7.12. The molecule has 1 saturated heterocycles. The third-order valence-electron chi connectivity index (χ3n) is 7.58. The Kier molecular flexibility index (Phi) is 4.63. The van der Waals surface area contributed by atoms with E-state index in [-0.39, 0.29) is 11.4 Å². The number of anilines is 2. The third-order valence-corrected chi connectivity index (χ3v) is 7.58. The van der Waals surface area contributed by atoms with Crippen LogP contribution in [0.2, 0.25) is 0 Å². The van der Waals surface area contributed by atoms with Crippen molar-refractivity contribution in [2.75, 3.05) is 23.7 Å². The van der Waals surface area contributed by atoms with Crippen molar-refractivity contribution in [3.63, 3.8) is 0 Å². The molecule has 5 fully saturated rings. The Morgan fingerprint density at radius 2 is 1.70 bits per heavy atom. The number of hydrogen-bond acceptors (Lipinski definition) is 3. The van der Waals surface area contributed by atoms with Gasteiger partial charge in [-0.3, -0.25) is 4.79 Å². The summed E-state index contributed by atoms with van der Waals surface area (Å²) >= 11 is 0. The van der Waals surface area contributed by atoms with Crippen LogP contribution in [0, 0.1) is 23.7 Å². The highest BCUT2D eigenvalue weighted by molar-refractivity contribution is 5.94. The maximum Gasteiger partial charge on any atom is 0.224 e. The predicted molar refractivity (Wildman–Crippen MR) is 110 cm³/mol. The van der Waals surface area contributed by atoms with Gasteiger partial charge in [0, 0.05) is 12.0 Å². The van der Waals surface area contributed by atoms with Crippen LogP contribution in [0.25, 0.3) is 0 Å². The molecule has 1 aromatic carbocycles. The summed E-state index contributed by atoms with van der Waals surface area (Å²) in [6.07, 6.45) is 11.1. The summed E-state index contributed by atoms with van der Waals surface area (Å²) in [5, 5.41) is 10.5. The first-order chi connectivity index (χ1) is 13.2. The van der Waals surface area contributed by atoms with Gasteiger partial charge in [0.15, 0.2) is 0 Å². The third kappa shape index (κ3) is 3.73. The normalized spacial score (nSPS) is 36.7. The van der Waals surface area contributed by atoms with Crippen LogP contribution in [0.5, 0.6) is 0 Å². The number of nitrogens with one attached hydrogen (secondary N) is 3. The summed E-state index contributed by atoms with van der Waals surface area (Å²) in [6.45, 7) is 2.17. The molecule has 1 amide bonds. The lowest BCUT2D eigenvalue weighted by atomic mass is 9.53. The van der Waals surface area contributed by atoms with Gasteiger partial charge in [0.1, 0.15) is 0 Å². The zero-order valence-corrected chi connectivity index (χ0v) is 16.3. The number of para-hydroxylation sites is 2. The molecule has 1 unspecified atom stereocenters. The number of amides is 1. The van der Waals surface area contributed by atoms with Crippen LogP contribution in [-0.2, 0) is 4.79 Å². The molecule has 0 aromatic heterocycles. The number of rotatable bonds is 6. The van der Waals surface area contributed by atoms with Gasteiger partial charge < -0.3 is 16.0 Å². The molecule has 4 bridgehead atoms. The molecular weight excluding hydrogens is 334 g/mol. The van der Waals surface area contributed by atoms with Gasteiger partial charge in [0.25, 0.3) is 0 Å². The molecule has 3 N–H and O–H groups in total. The predicted octanol–water partition coefficient (Wildman–Crippen LogP) is 4.40. The van der Waals surface area contributed by atoms with Crippen LogP contribution in [0.4, 0.5) is 11.4 Å². The van der Waals surface area contributed by atoms with Crippen molar-refractivity contribution in [3.8, 4) is 0 Å². The number of hydrogen-bond donors (Lipinski definition) is 3. The maximum absolute atomic E-state index is 12.5. The van der Waals surface area contributed by atoms with Crippen LogP contribution in [0.3, 0.4) is 0 Å². The van der Waals surface area contributed by atoms with Gasteiger partial charge in [-0.1, -0.05) is 12.1 Å². The molecule has 1 aromatic rings. The lowest BCUT2D eigenvalue weighted by molar-refractivity contribution is -0.116. The first-order valence-electron chi connectivity index (χ1n) is 11.1. The fourth-order valence-electron chi connectivity index (χ4n) is 6.76. The van der Waals surface area contributed by atoms with E-state index >= 15 is 0 Å². The molecule has 1 atom stereocenters. The highest BCUT2D eigenvalue weighted by atomic mass is 16.1. The van der Waals surface area contributed by atoms with Crippen LogP contribution in [0.15, 0.2) is 24.3 Å². The quantitative estimate of drug-likeness (QED) is 0.699. The fraction of sp³-hybridized carbons (Fsp3) is 0.696. The fourth-order valence-corrected chi connectivity index (χ4v) is 6.76. The highest BCUT2D eigenvalue weighted by Gasteiger charge is 2.51. The molecule has 4 saturated carbocycles. The van der Waals surface area contributed by atoms with Gasteiger partial charge >= 0.3 is 0 Å². The largest absolute Gasteiger partial charge is 0.378 e. The van der Waals surface area contributed by atoms with E-state index in [9.17, 15) is 4.79 Å². The SMILES string of the molecule is O=C(CCC1CCNC1)Nc1ccccc1NC12CC3CC(CC(C3)C1)C2. The molecule has 5 aliphatic rings. The van der Waals surface area contributed by atoms with E-state index in [2.05, 4.69) is 34.1 Å². The van der Waals surface area contributed by atoms with Crippen molar-refractivity contribution >= 4 is 17.3 Å². The van der Waals surface area contributed by atoms with Crippen LogP contribution < -0.4 is 16.0 Å². The number of carbonyl (C=O) groups excluding carboxylic acids is 1. The summed E-state index contributed by atoms with van der Waals surface area (Å²) in [4.78, 5) is 12.5. The van der Waals surface area contributed by atoms with E-state index in [4.69, 9.17) is 0 Å². The molecule has 4 aliphatic carbocycles. The number of benzene rings is 1. The van der Waals surface area contributed by atoms with Crippen molar-refractivity contribution in [3.05, 3.63) is 24.3 Å². The van der Waals surface area contributed by atoms with Gasteiger partial charge in [-0.05, 0) is 100 Å². The summed E-state index contributed by atoms with van der Waals surface area (Å²) in [7, 11) is 0. The van der Waals surface area contributed by atoms with Crippen LogP contribution in [0.1, 0.15) is 57.8 Å². The zero-order chi connectivity index (χ0) is 18.3. The van der Waals surface area contributed by atoms with E-state index in [1.807, 2.05) is 6.07 Å². The molecule has 0 radical (unpaired) electrons. The topological polar surface area (TPSA) is 53.2 Å². The molecule has 4 nitrogen and oxygen atoms in total. The second-order valence-corrected chi connectivity index (χ2v) is 9.81. The van der Waals surface area contributed by atoms with Crippen molar-refractivity contribution < 1.29 is 4.79 Å². The van der Waals surface area contributed by atoms with Crippen LogP contribution >= 0.6 is 0 Å². The van der Waals surface area contributed by atoms with E-state index < -0.39 is 0 Å². The first kappa shape index (κ1) is 17.5. The van der Waals surface area contributed by atoms with Gasteiger partial charge in [0.2, 0.25) is 5.91 Å². The maximum atomic E-state index is 12.5. The van der Waals surface area contributed by atoms with Crippen molar-refractivity contribution in [2.24, 2.45) is 23.7 Å². The van der Waals surface area contributed by atoms with Gasteiger partial charge in [-0.15, -0.1) is 0 Å². The minimum atomic E-state index is 0.154. The first-order valence-corrected chi connectivity index (χ1v) is 11.1. The summed E-state index contributed by atoms with van der Waals surface area (Å²) in [5.74, 6) is 3.58. The average molecular weight is 368 g/mol. The minimum Gasteiger partial charge on any atom is -0.378 e. The molecular formula is C23H33N3O. The van der Waals surface area contributed by atoms with Gasteiger partial charge in [-0.25, -0.2) is 0 Å². The van der Waals surface area contributed by atoms with Crippen molar-refractivity contribution in [1.82, 2.24) is 5.32 Å². The van der Waals surface area contributed by atoms with E-state index in [1.54, 1.807) is 0 Å². The summed E-state index contributed by atoms with van der Waals surface area (Å²) in [5.41, 5.74) is 2.35. The zero-order valence-electron chi connectivity index (χ0n) is 16.3.